The first kappa shape index (κ1) is 14.4. The van der Waals surface area contributed by atoms with Gasteiger partial charge in [0, 0.05) is 23.9 Å². The molecule has 0 radical (unpaired) electrons. The third-order valence-electron chi connectivity index (χ3n) is 4.07. The van der Waals surface area contributed by atoms with E-state index in [0.29, 0.717) is 0 Å². The number of ether oxygens (including phenoxy) is 1. The number of aromatic nitrogens is 2. The molecule has 0 aromatic carbocycles. The summed E-state index contributed by atoms with van der Waals surface area (Å²) in [5.41, 5.74) is 2.21. The zero-order chi connectivity index (χ0) is 13.3. The molecule has 2 unspecified atom stereocenters. The molecule has 0 amide bonds. The van der Waals surface area contributed by atoms with E-state index in [2.05, 4.69) is 34.9 Å². The standard InChI is InChI=1S/C13H20BrClN2O/c1-4-17-11(12(15)9(2)16-17)7-13(8-14)5-6-18-10(13)3/h10H,4-8H2,1-3H3. The summed E-state index contributed by atoms with van der Waals surface area (Å²) in [6.45, 7) is 7.91. The quantitative estimate of drug-likeness (QED) is 0.786. The van der Waals surface area contributed by atoms with Crippen LogP contribution < -0.4 is 0 Å². The van der Waals surface area contributed by atoms with Crippen molar-refractivity contribution in [2.75, 3.05) is 11.9 Å². The van der Waals surface area contributed by atoms with Gasteiger partial charge in [-0.05, 0) is 33.6 Å². The molecule has 0 aliphatic carbocycles. The minimum absolute atomic E-state index is 0.142. The fourth-order valence-electron chi connectivity index (χ4n) is 2.65. The van der Waals surface area contributed by atoms with E-state index in [-0.39, 0.29) is 11.5 Å². The predicted octanol–water partition coefficient (Wildman–Crippen LogP) is 3.60. The van der Waals surface area contributed by atoms with E-state index in [1.54, 1.807) is 0 Å². The highest BCUT2D eigenvalue weighted by molar-refractivity contribution is 9.09. The Hall–Kier alpha value is -0.0600. The highest BCUT2D eigenvalue weighted by Gasteiger charge is 2.42. The smallest absolute Gasteiger partial charge is 0.0847 e. The Morgan fingerprint density at radius 1 is 1.61 bits per heavy atom. The van der Waals surface area contributed by atoms with Crippen molar-refractivity contribution in [3.63, 3.8) is 0 Å². The third kappa shape index (κ3) is 2.35. The van der Waals surface area contributed by atoms with Crippen LogP contribution in [0.4, 0.5) is 0 Å². The van der Waals surface area contributed by atoms with Crippen LogP contribution in [0.5, 0.6) is 0 Å². The van der Waals surface area contributed by atoms with E-state index in [0.717, 1.165) is 47.7 Å². The van der Waals surface area contributed by atoms with Crippen molar-refractivity contribution in [2.24, 2.45) is 5.41 Å². The SMILES string of the molecule is CCn1nc(C)c(Cl)c1CC1(CBr)CCOC1C. The van der Waals surface area contributed by atoms with E-state index in [1.165, 1.54) is 0 Å². The van der Waals surface area contributed by atoms with Crippen molar-refractivity contribution in [2.45, 2.75) is 46.3 Å². The summed E-state index contributed by atoms with van der Waals surface area (Å²) in [4.78, 5) is 0. The maximum atomic E-state index is 6.40. The molecule has 0 N–H and O–H groups in total. The summed E-state index contributed by atoms with van der Waals surface area (Å²) in [5.74, 6) is 0. The highest BCUT2D eigenvalue weighted by atomic mass is 79.9. The molecule has 0 bridgehead atoms. The summed E-state index contributed by atoms with van der Waals surface area (Å²) >= 11 is 10.1. The van der Waals surface area contributed by atoms with Gasteiger partial charge >= 0.3 is 0 Å². The summed E-state index contributed by atoms with van der Waals surface area (Å²) < 4.78 is 7.77. The Labute approximate surface area is 122 Å². The fourth-order valence-corrected chi connectivity index (χ4v) is 3.78. The predicted molar refractivity (Wildman–Crippen MR) is 77.6 cm³/mol. The molecule has 1 aromatic rings. The van der Waals surface area contributed by atoms with Crippen LogP contribution >= 0.6 is 27.5 Å². The molecule has 1 saturated heterocycles. The number of hydrogen-bond acceptors (Lipinski definition) is 2. The van der Waals surface area contributed by atoms with Gasteiger partial charge in [-0.2, -0.15) is 5.10 Å². The Balaban J connectivity index is 2.33. The van der Waals surface area contributed by atoms with Crippen molar-refractivity contribution in [1.82, 2.24) is 9.78 Å². The number of aryl methyl sites for hydroxylation is 2. The maximum Gasteiger partial charge on any atom is 0.0847 e. The van der Waals surface area contributed by atoms with Gasteiger partial charge in [0.05, 0.1) is 22.5 Å². The van der Waals surface area contributed by atoms with Gasteiger partial charge in [-0.15, -0.1) is 0 Å². The Morgan fingerprint density at radius 2 is 2.33 bits per heavy atom. The Morgan fingerprint density at radius 3 is 2.83 bits per heavy atom. The van der Waals surface area contributed by atoms with Crippen molar-refractivity contribution in [3.8, 4) is 0 Å². The maximum absolute atomic E-state index is 6.40. The van der Waals surface area contributed by atoms with Crippen molar-refractivity contribution in [3.05, 3.63) is 16.4 Å². The van der Waals surface area contributed by atoms with E-state index in [4.69, 9.17) is 16.3 Å². The number of halogens is 2. The minimum atomic E-state index is 0.142. The summed E-state index contributed by atoms with van der Waals surface area (Å²) in [7, 11) is 0. The van der Waals surface area contributed by atoms with Crippen LogP contribution in [0, 0.1) is 12.3 Å². The zero-order valence-electron chi connectivity index (χ0n) is 11.2. The van der Waals surface area contributed by atoms with Gasteiger partial charge in [-0.3, -0.25) is 4.68 Å². The number of rotatable bonds is 4. The molecule has 1 aromatic heterocycles. The van der Waals surface area contributed by atoms with Gasteiger partial charge < -0.3 is 4.74 Å². The molecule has 18 heavy (non-hydrogen) atoms. The zero-order valence-corrected chi connectivity index (χ0v) is 13.5. The second-order valence-electron chi connectivity index (χ2n) is 5.10. The van der Waals surface area contributed by atoms with Gasteiger partial charge in [0.15, 0.2) is 0 Å². The second kappa shape index (κ2) is 5.51. The summed E-state index contributed by atoms with van der Waals surface area (Å²) in [6.07, 6.45) is 2.25. The number of nitrogens with zero attached hydrogens (tertiary/aromatic N) is 2. The van der Waals surface area contributed by atoms with Crippen molar-refractivity contribution >= 4 is 27.5 Å². The molecule has 1 aliphatic heterocycles. The largest absolute Gasteiger partial charge is 0.378 e. The van der Waals surface area contributed by atoms with Gasteiger partial charge in [0.1, 0.15) is 0 Å². The summed E-state index contributed by atoms with van der Waals surface area (Å²) in [5, 5.41) is 6.24. The molecular formula is C13H20BrClN2O. The van der Waals surface area contributed by atoms with Crippen molar-refractivity contribution in [1.29, 1.82) is 0 Å². The summed E-state index contributed by atoms with van der Waals surface area (Å²) in [6, 6.07) is 0. The molecule has 3 nitrogen and oxygen atoms in total. The van der Waals surface area contributed by atoms with Crippen LogP contribution in [-0.4, -0.2) is 27.8 Å². The Kier molecular flexibility index (Phi) is 4.40. The minimum Gasteiger partial charge on any atom is -0.378 e. The average Bonchev–Trinajstić information content (AvgIpc) is 2.85. The molecule has 102 valence electrons. The molecule has 1 aliphatic rings. The molecule has 5 heteroatoms. The third-order valence-corrected chi connectivity index (χ3v) is 5.68. The monoisotopic (exact) mass is 334 g/mol. The van der Waals surface area contributed by atoms with Crippen LogP contribution in [-0.2, 0) is 17.7 Å². The van der Waals surface area contributed by atoms with Crippen LogP contribution in [0.15, 0.2) is 0 Å². The number of hydrogen-bond donors (Lipinski definition) is 0. The van der Waals surface area contributed by atoms with E-state index in [1.807, 2.05) is 11.6 Å². The van der Waals surface area contributed by atoms with Crippen LogP contribution in [0.25, 0.3) is 0 Å². The van der Waals surface area contributed by atoms with Crippen LogP contribution in [0.2, 0.25) is 5.02 Å². The fraction of sp³-hybridized carbons (Fsp3) is 0.769. The van der Waals surface area contributed by atoms with Gasteiger partial charge in [0.25, 0.3) is 0 Å². The van der Waals surface area contributed by atoms with Crippen LogP contribution in [0.3, 0.4) is 0 Å². The first-order valence-electron chi connectivity index (χ1n) is 6.43. The van der Waals surface area contributed by atoms with E-state index in [9.17, 15) is 0 Å². The molecule has 0 saturated carbocycles. The average molecular weight is 336 g/mol. The van der Waals surface area contributed by atoms with E-state index >= 15 is 0 Å². The van der Waals surface area contributed by atoms with E-state index < -0.39 is 0 Å². The lowest BCUT2D eigenvalue weighted by atomic mass is 9.79. The second-order valence-corrected chi connectivity index (χ2v) is 6.04. The molecule has 2 rings (SSSR count). The van der Waals surface area contributed by atoms with Crippen molar-refractivity contribution < 1.29 is 4.74 Å². The van der Waals surface area contributed by atoms with Gasteiger partial charge in [-0.25, -0.2) is 0 Å². The Bertz CT molecular complexity index is 435. The highest BCUT2D eigenvalue weighted by Crippen LogP contribution is 2.41. The van der Waals surface area contributed by atoms with Gasteiger partial charge in [0.2, 0.25) is 0 Å². The molecule has 2 atom stereocenters. The molecule has 1 fully saturated rings. The lowest BCUT2D eigenvalue weighted by molar-refractivity contribution is 0.0737. The van der Waals surface area contributed by atoms with Crippen LogP contribution in [0.1, 0.15) is 31.7 Å². The molecule has 2 heterocycles. The molecule has 0 spiro atoms. The lowest BCUT2D eigenvalue weighted by Crippen LogP contribution is -2.34. The lowest BCUT2D eigenvalue weighted by Gasteiger charge is -2.30. The first-order valence-corrected chi connectivity index (χ1v) is 7.93. The first-order chi connectivity index (χ1) is 8.54. The number of alkyl halides is 1. The topological polar surface area (TPSA) is 27.1 Å². The van der Waals surface area contributed by atoms with Gasteiger partial charge in [-0.1, -0.05) is 27.5 Å². The molecular weight excluding hydrogens is 316 g/mol. The normalized spacial score (nSPS) is 27.9.